The van der Waals surface area contributed by atoms with E-state index in [0.717, 1.165) is 54.7 Å². The summed E-state index contributed by atoms with van der Waals surface area (Å²) in [7, 11) is 0. The molecule has 0 saturated heterocycles. The third kappa shape index (κ3) is 4.32. The normalized spacial score (nSPS) is 23.1. The Morgan fingerprint density at radius 2 is 1.84 bits per heavy atom. The minimum absolute atomic E-state index is 0.161. The maximum Gasteiger partial charge on any atom is 0.227 e. The monoisotopic (exact) mass is 324 g/mol. The molecule has 0 heterocycles. The van der Waals surface area contributed by atoms with Crippen LogP contribution in [0.25, 0.3) is 0 Å². The SMILES string of the molecule is NCCC1CCC(C(=O)Nc2ccc(Br)cc2)CC1. The molecule has 0 spiro atoms. The second-order valence-electron chi connectivity index (χ2n) is 5.29. The Morgan fingerprint density at radius 1 is 1.21 bits per heavy atom. The summed E-state index contributed by atoms with van der Waals surface area (Å²) in [5.74, 6) is 1.05. The molecule has 1 fully saturated rings. The molecule has 1 aliphatic rings. The van der Waals surface area contributed by atoms with Gasteiger partial charge in [0.25, 0.3) is 0 Å². The molecule has 1 aromatic carbocycles. The van der Waals surface area contributed by atoms with Crippen LogP contribution in [0.4, 0.5) is 5.69 Å². The number of anilines is 1. The zero-order valence-electron chi connectivity index (χ0n) is 11.1. The summed E-state index contributed by atoms with van der Waals surface area (Å²) in [4.78, 5) is 12.2. The molecular formula is C15H21BrN2O. The number of amides is 1. The smallest absolute Gasteiger partial charge is 0.227 e. The van der Waals surface area contributed by atoms with Gasteiger partial charge >= 0.3 is 0 Å². The molecule has 3 N–H and O–H groups in total. The molecule has 1 saturated carbocycles. The van der Waals surface area contributed by atoms with Gasteiger partial charge in [0.2, 0.25) is 5.91 Å². The molecule has 4 heteroatoms. The van der Waals surface area contributed by atoms with E-state index in [1.807, 2.05) is 24.3 Å². The van der Waals surface area contributed by atoms with E-state index >= 15 is 0 Å². The van der Waals surface area contributed by atoms with Crippen molar-refractivity contribution in [1.82, 2.24) is 0 Å². The van der Waals surface area contributed by atoms with Gasteiger partial charge in [0.15, 0.2) is 0 Å². The topological polar surface area (TPSA) is 55.1 Å². The number of nitrogens with one attached hydrogen (secondary N) is 1. The molecule has 0 radical (unpaired) electrons. The number of hydrogen-bond donors (Lipinski definition) is 2. The van der Waals surface area contributed by atoms with E-state index in [1.54, 1.807) is 0 Å². The summed E-state index contributed by atoms with van der Waals surface area (Å²) >= 11 is 3.39. The van der Waals surface area contributed by atoms with Gasteiger partial charge in [-0.25, -0.2) is 0 Å². The Labute approximate surface area is 123 Å². The van der Waals surface area contributed by atoms with Crippen LogP contribution in [0, 0.1) is 11.8 Å². The lowest BCUT2D eigenvalue weighted by molar-refractivity contribution is -0.121. The lowest BCUT2D eigenvalue weighted by Crippen LogP contribution is -2.27. The fourth-order valence-corrected chi connectivity index (χ4v) is 2.99. The largest absolute Gasteiger partial charge is 0.330 e. The third-order valence-electron chi connectivity index (χ3n) is 3.90. The molecule has 104 valence electrons. The number of benzene rings is 1. The van der Waals surface area contributed by atoms with Gasteiger partial charge in [-0.05, 0) is 68.8 Å². The van der Waals surface area contributed by atoms with Crippen LogP contribution in [0.3, 0.4) is 0 Å². The summed E-state index contributed by atoms with van der Waals surface area (Å²) in [6.07, 6.45) is 5.35. The molecule has 2 rings (SSSR count). The number of carbonyl (C=O) groups is 1. The van der Waals surface area contributed by atoms with E-state index in [0.29, 0.717) is 0 Å². The van der Waals surface area contributed by atoms with Gasteiger partial charge in [-0.3, -0.25) is 4.79 Å². The van der Waals surface area contributed by atoms with E-state index in [1.165, 1.54) is 0 Å². The van der Waals surface area contributed by atoms with Crippen molar-refractivity contribution in [3.05, 3.63) is 28.7 Å². The molecule has 0 bridgehead atoms. The minimum Gasteiger partial charge on any atom is -0.330 e. The molecule has 0 atom stereocenters. The highest BCUT2D eigenvalue weighted by Crippen LogP contribution is 2.31. The van der Waals surface area contributed by atoms with Gasteiger partial charge < -0.3 is 11.1 Å². The van der Waals surface area contributed by atoms with Gasteiger partial charge in [0, 0.05) is 16.1 Å². The quantitative estimate of drug-likeness (QED) is 0.889. The predicted molar refractivity (Wildman–Crippen MR) is 81.9 cm³/mol. The van der Waals surface area contributed by atoms with E-state index in [2.05, 4.69) is 21.2 Å². The Hall–Kier alpha value is -0.870. The van der Waals surface area contributed by atoms with Crippen molar-refractivity contribution in [2.45, 2.75) is 32.1 Å². The number of carbonyl (C=O) groups excluding carboxylic acids is 1. The van der Waals surface area contributed by atoms with Crippen LogP contribution in [0.2, 0.25) is 0 Å². The van der Waals surface area contributed by atoms with Crippen molar-refractivity contribution in [1.29, 1.82) is 0 Å². The number of rotatable bonds is 4. The second kappa shape index (κ2) is 7.06. The van der Waals surface area contributed by atoms with Gasteiger partial charge in [0.1, 0.15) is 0 Å². The molecule has 3 nitrogen and oxygen atoms in total. The molecule has 1 aliphatic carbocycles. The Balaban J connectivity index is 1.83. The average molecular weight is 325 g/mol. The summed E-state index contributed by atoms with van der Waals surface area (Å²) in [6, 6.07) is 7.71. The summed E-state index contributed by atoms with van der Waals surface area (Å²) in [5.41, 5.74) is 6.46. The van der Waals surface area contributed by atoms with Crippen molar-refractivity contribution < 1.29 is 4.79 Å². The summed E-state index contributed by atoms with van der Waals surface area (Å²) in [6.45, 7) is 0.764. The van der Waals surface area contributed by atoms with Crippen molar-refractivity contribution in [3.8, 4) is 0 Å². The number of hydrogen-bond acceptors (Lipinski definition) is 2. The van der Waals surface area contributed by atoms with Crippen molar-refractivity contribution in [2.24, 2.45) is 17.6 Å². The van der Waals surface area contributed by atoms with Crippen LogP contribution in [-0.2, 0) is 4.79 Å². The fourth-order valence-electron chi connectivity index (χ4n) is 2.73. The second-order valence-corrected chi connectivity index (χ2v) is 6.21. The highest BCUT2D eigenvalue weighted by molar-refractivity contribution is 9.10. The number of nitrogens with two attached hydrogens (primary N) is 1. The molecular weight excluding hydrogens is 304 g/mol. The van der Waals surface area contributed by atoms with Crippen LogP contribution >= 0.6 is 15.9 Å². The lowest BCUT2D eigenvalue weighted by Gasteiger charge is -2.27. The van der Waals surface area contributed by atoms with Gasteiger partial charge in [0.05, 0.1) is 0 Å². The van der Waals surface area contributed by atoms with Crippen LogP contribution < -0.4 is 11.1 Å². The maximum atomic E-state index is 12.2. The average Bonchev–Trinajstić information content (AvgIpc) is 2.42. The van der Waals surface area contributed by atoms with Gasteiger partial charge in [-0.2, -0.15) is 0 Å². The van der Waals surface area contributed by atoms with E-state index in [-0.39, 0.29) is 11.8 Å². The highest BCUT2D eigenvalue weighted by Gasteiger charge is 2.25. The molecule has 0 unspecified atom stereocenters. The lowest BCUT2D eigenvalue weighted by atomic mass is 9.80. The third-order valence-corrected chi connectivity index (χ3v) is 4.43. The van der Waals surface area contributed by atoms with Crippen LogP contribution in [0.5, 0.6) is 0 Å². The van der Waals surface area contributed by atoms with E-state index in [9.17, 15) is 4.79 Å². The minimum atomic E-state index is 0.161. The summed E-state index contributed by atoms with van der Waals surface area (Å²) in [5, 5.41) is 3.00. The zero-order chi connectivity index (χ0) is 13.7. The molecule has 19 heavy (non-hydrogen) atoms. The molecule has 1 amide bonds. The number of halogens is 1. The molecule has 0 aliphatic heterocycles. The first-order chi connectivity index (χ1) is 9.19. The molecule has 1 aromatic rings. The highest BCUT2D eigenvalue weighted by atomic mass is 79.9. The first-order valence-corrected chi connectivity index (χ1v) is 7.75. The summed E-state index contributed by atoms with van der Waals surface area (Å²) < 4.78 is 1.02. The van der Waals surface area contributed by atoms with Crippen LogP contribution in [-0.4, -0.2) is 12.5 Å². The van der Waals surface area contributed by atoms with E-state index in [4.69, 9.17) is 5.73 Å². The first-order valence-electron chi connectivity index (χ1n) is 6.95. The van der Waals surface area contributed by atoms with E-state index < -0.39 is 0 Å². The van der Waals surface area contributed by atoms with Gasteiger partial charge in [-0.15, -0.1) is 0 Å². The van der Waals surface area contributed by atoms with Crippen LogP contribution in [0.15, 0.2) is 28.7 Å². The van der Waals surface area contributed by atoms with Gasteiger partial charge in [-0.1, -0.05) is 15.9 Å². The van der Waals surface area contributed by atoms with Crippen molar-refractivity contribution in [2.75, 3.05) is 11.9 Å². The standard InChI is InChI=1S/C15H21BrN2O/c16-13-5-7-14(8-6-13)18-15(19)12-3-1-11(2-4-12)9-10-17/h5-8,11-12H,1-4,9-10,17H2,(H,18,19). The molecule has 0 aromatic heterocycles. The Bertz CT molecular complexity index is 411. The predicted octanol–water partition coefficient (Wildman–Crippen LogP) is 3.54. The van der Waals surface area contributed by atoms with Crippen molar-refractivity contribution >= 4 is 27.5 Å². The Morgan fingerprint density at radius 3 is 2.42 bits per heavy atom. The maximum absolute atomic E-state index is 12.2. The van der Waals surface area contributed by atoms with Crippen LogP contribution in [0.1, 0.15) is 32.1 Å². The Kier molecular flexibility index (Phi) is 5.40. The first kappa shape index (κ1) is 14.5. The zero-order valence-corrected chi connectivity index (χ0v) is 12.7. The fraction of sp³-hybridized carbons (Fsp3) is 0.533. The van der Waals surface area contributed by atoms with Crippen molar-refractivity contribution in [3.63, 3.8) is 0 Å².